The number of nitriles is 2. The zero-order valence-electron chi connectivity index (χ0n) is 75.1. The average molecular weight is 1770 g/mol. The minimum atomic E-state index is -2.42. The summed E-state index contributed by atoms with van der Waals surface area (Å²) < 4.78 is 11.5. The van der Waals surface area contributed by atoms with Crippen molar-refractivity contribution in [2.45, 2.75) is 390 Å². The number of hydrogen-bond donors (Lipinski definition) is 0. The molecule has 2 atom stereocenters. The van der Waals surface area contributed by atoms with Crippen molar-refractivity contribution in [3.05, 3.63) is 104 Å². The van der Waals surface area contributed by atoms with Gasteiger partial charge in [0, 0.05) is 78.0 Å². The Labute approximate surface area is 755 Å². The molecule has 15 heteroatoms. The third-order valence-corrected chi connectivity index (χ3v) is 40.9. The monoisotopic (exact) mass is 1770 g/mol. The molecule has 0 bridgehead atoms. The van der Waals surface area contributed by atoms with Gasteiger partial charge in [-0.15, -0.1) is 90.7 Å². The second kappa shape index (κ2) is 54.9. The van der Waals surface area contributed by atoms with Gasteiger partial charge in [-0.1, -0.05) is 313 Å². The van der Waals surface area contributed by atoms with Crippen molar-refractivity contribution in [2.24, 2.45) is 11.8 Å². The van der Waals surface area contributed by atoms with E-state index in [1.807, 2.05) is 22.7 Å². The van der Waals surface area contributed by atoms with E-state index in [1.54, 1.807) is 55.0 Å². The Balaban J connectivity index is 1.12. The molecule has 119 heavy (non-hydrogen) atoms. The molecule has 8 aromatic heterocycles. The largest absolute Gasteiger partial charge is 0.462 e. The summed E-state index contributed by atoms with van der Waals surface area (Å²) in [6.07, 6.45) is 61.1. The Kier molecular flexibility index (Phi) is 45.2. The van der Waals surface area contributed by atoms with Crippen molar-refractivity contribution >= 4 is 133 Å². The van der Waals surface area contributed by atoms with Gasteiger partial charge in [0.15, 0.2) is 0 Å². The standard InChI is InChI=1S/C104H148N2O4S8Si/c1-11-21-29-35-41-47-55-79-65-85(67-83(73-105)103(107)109-63-51-45-39-33-25-15-5)111-97(79)87-59-61-89(113-87)99-81(57-49-43-37-31-23-13-3)69-91(115-99)93-71-95-101(117-93)102-96(119(95,75-77(19-9)53-27-17-7)76-78(20-10)54-28-18-8)72-94(118-102)92-70-82(58-50-44-38-32-24-14-4)100(116-92)90-62-60-88(114-90)98-80(56-48-42-36-30-22-12-2)66-86(112-98)68-84(74-106)104(108)110-64-52-46-40-34-26-16-6/h59-62,65-72,77-78H,11-58,63-64,75-76H2,1-10H3/b83-67+,84-68+. The van der Waals surface area contributed by atoms with E-state index in [1.165, 1.54) is 324 Å². The second-order valence-electron chi connectivity index (χ2n) is 34.5. The molecule has 0 saturated heterocycles. The quantitative estimate of drug-likeness (QED) is 0.0124. The molecule has 650 valence electrons. The molecule has 0 fully saturated rings. The Bertz CT molecular complexity index is 4140. The maximum absolute atomic E-state index is 13.5. The van der Waals surface area contributed by atoms with Crippen LogP contribution in [0.15, 0.2) is 71.8 Å². The van der Waals surface area contributed by atoms with Crippen LogP contribution in [-0.4, -0.2) is 33.2 Å². The third kappa shape index (κ3) is 29.7. The fourth-order valence-electron chi connectivity index (χ4n) is 17.7. The molecule has 2 unspecified atom stereocenters. The van der Waals surface area contributed by atoms with Crippen LogP contribution in [0.4, 0.5) is 0 Å². The Morgan fingerprint density at radius 2 is 0.588 bits per heavy atom. The molecule has 6 nitrogen and oxygen atoms in total. The number of carbonyl (C=O) groups excluding carboxylic acids is 2. The summed E-state index contributed by atoms with van der Waals surface area (Å²) in [6, 6.07) is 32.2. The van der Waals surface area contributed by atoms with Crippen LogP contribution in [0, 0.1) is 34.5 Å². The Morgan fingerprint density at radius 1 is 0.319 bits per heavy atom. The Morgan fingerprint density at radius 3 is 0.891 bits per heavy atom. The number of aryl methyl sites for hydroxylation is 4. The molecule has 0 spiro atoms. The Hall–Kier alpha value is -4.78. The lowest BCUT2D eigenvalue weighted by molar-refractivity contribution is -0.139. The highest BCUT2D eigenvalue weighted by atomic mass is 32.1. The van der Waals surface area contributed by atoms with E-state index in [0.717, 1.165) is 86.8 Å². The van der Waals surface area contributed by atoms with Crippen LogP contribution in [0.3, 0.4) is 0 Å². The van der Waals surface area contributed by atoms with Crippen LogP contribution >= 0.6 is 90.7 Å². The maximum atomic E-state index is 13.5. The van der Waals surface area contributed by atoms with E-state index < -0.39 is 20.0 Å². The molecule has 1 aliphatic heterocycles. The molecule has 0 radical (unpaired) electrons. The number of unbranched alkanes of at least 4 members (excludes halogenated alkanes) is 32. The molecule has 1 aliphatic rings. The zero-order chi connectivity index (χ0) is 84.4. The van der Waals surface area contributed by atoms with Gasteiger partial charge < -0.3 is 9.47 Å². The van der Waals surface area contributed by atoms with Gasteiger partial charge in [-0.25, -0.2) is 9.59 Å². The first kappa shape index (κ1) is 98.0. The number of hydrogen-bond acceptors (Lipinski definition) is 14. The first-order valence-corrected chi connectivity index (χ1v) is 56.9. The molecule has 8 aromatic rings. The molecule has 0 N–H and O–H groups in total. The highest BCUT2D eigenvalue weighted by Gasteiger charge is 2.50. The summed E-state index contributed by atoms with van der Waals surface area (Å²) in [5, 5.41) is 24.4. The predicted molar refractivity (Wildman–Crippen MR) is 533 cm³/mol. The number of thiophene rings is 8. The normalized spacial score (nSPS) is 14.0. The van der Waals surface area contributed by atoms with Gasteiger partial charge in [-0.05, 0) is 194 Å². The fourth-order valence-corrected chi connectivity index (χ4v) is 35.6. The second-order valence-corrected chi connectivity index (χ2v) is 47.1. The number of fused-ring (bicyclic) bond motifs is 3. The maximum Gasteiger partial charge on any atom is 0.348 e. The van der Waals surface area contributed by atoms with E-state index >= 15 is 0 Å². The van der Waals surface area contributed by atoms with E-state index in [-0.39, 0.29) is 11.1 Å². The number of nitrogens with zero attached hydrogens (tertiary/aromatic N) is 2. The van der Waals surface area contributed by atoms with Crippen LogP contribution in [0.5, 0.6) is 0 Å². The lowest BCUT2D eigenvalue weighted by Crippen LogP contribution is -2.56. The van der Waals surface area contributed by atoms with Gasteiger partial charge in [0.2, 0.25) is 0 Å². The summed E-state index contributed by atoms with van der Waals surface area (Å²) >= 11 is 15.7. The number of esters is 2. The van der Waals surface area contributed by atoms with Crippen LogP contribution in [-0.2, 0) is 44.7 Å². The first-order chi connectivity index (χ1) is 58.3. The van der Waals surface area contributed by atoms with Gasteiger partial charge in [-0.3, -0.25) is 0 Å². The first-order valence-electron chi connectivity index (χ1n) is 47.9. The summed E-state index contributed by atoms with van der Waals surface area (Å²) in [7, 11) is -2.42. The highest BCUT2D eigenvalue weighted by molar-refractivity contribution is 7.35. The molecule has 0 amide bonds. The van der Waals surface area contributed by atoms with Gasteiger partial charge >= 0.3 is 11.9 Å². The molecule has 9 rings (SSSR count). The molecule has 0 aromatic carbocycles. The van der Waals surface area contributed by atoms with Crippen LogP contribution in [0.1, 0.15) is 384 Å². The number of rotatable bonds is 64. The topological polar surface area (TPSA) is 100 Å². The summed E-state index contributed by atoms with van der Waals surface area (Å²) in [6.45, 7) is 24.2. The van der Waals surface area contributed by atoms with Gasteiger partial charge in [0.05, 0.1) is 13.2 Å². The SMILES string of the molecule is CCCCCCCCOC(=O)/C(C#N)=C/c1cc(CCCCCCCC)c(-c2ccc(-c3sc(-c4cc5c(s4)-c4sc(-c6cc(CCCCCCCC)c(-c7ccc(-c8sc(/C=C(\C#N)C(=O)OCCCCCCCC)cc8CCCCCCCC)s7)s6)cc4[Si]5(CC(CC)CCCC)CC(CC)CCCC)cc3CCCCCCCC)s2)s1. The van der Waals surface area contributed by atoms with Crippen LogP contribution in [0.25, 0.3) is 80.4 Å². The van der Waals surface area contributed by atoms with Crippen molar-refractivity contribution in [3.63, 3.8) is 0 Å². The number of carbonyl (C=O) groups is 2. The fraction of sp³-hybridized carbons (Fsp3) is 0.615. The molecular formula is C104H148N2O4S8Si. The average Bonchev–Trinajstić information content (AvgIpc) is 1.54. The molecule has 0 aliphatic carbocycles. The van der Waals surface area contributed by atoms with E-state index in [2.05, 4.69) is 187 Å². The van der Waals surface area contributed by atoms with Gasteiger partial charge in [0.25, 0.3) is 0 Å². The van der Waals surface area contributed by atoms with Crippen LogP contribution in [0.2, 0.25) is 12.1 Å². The van der Waals surface area contributed by atoms with Gasteiger partial charge in [-0.2, -0.15) is 10.5 Å². The molecule has 0 saturated carbocycles. The zero-order valence-corrected chi connectivity index (χ0v) is 82.7. The van der Waals surface area contributed by atoms with E-state index in [9.17, 15) is 20.1 Å². The predicted octanol–water partition coefficient (Wildman–Crippen LogP) is 35.4. The lowest BCUT2D eigenvalue weighted by atomic mass is 10.0. The van der Waals surface area contributed by atoms with Crippen molar-refractivity contribution in [1.82, 2.24) is 0 Å². The van der Waals surface area contributed by atoms with E-state index in [0.29, 0.717) is 25.0 Å². The lowest BCUT2D eigenvalue weighted by Gasteiger charge is -2.35. The summed E-state index contributed by atoms with van der Waals surface area (Å²) in [4.78, 5) is 48.5. The molecule has 9 heterocycles. The van der Waals surface area contributed by atoms with Crippen molar-refractivity contribution in [2.75, 3.05) is 13.2 Å². The minimum Gasteiger partial charge on any atom is -0.462 e. The summed E-state index contributed by atoms with van der Waals surface area (Å²) in [5.74, 6) is 0.348. The minimum absolute atomic E-state index is 0.0842. The third-order valence-electron chi connectivity index (χ3n) is 24.8. The summed E-state index contributed by atoms with van der Waals surface area (Å²) in [5.41, 5.74) is 5.81. The van der Waals surface area contributed by atoms with Crippen molar-refractivity contribution in [3.8, 4) is 80.4 Å². The van der Waals surface area contributed by atoms with Crippen molar-refractivity contribution in [1.29, 1.82) is 10.5 Å². The van der Waals surface area contributed by atoms with E-state index in [4.69, 9.17) is 9.47 Å². The van der Waals surface area contributed by atoms with Crippen LogP contribution < -0.4 is 10.4 Å². The van der Waals surface area contributed by atoms with Gasteiger partial charge in [0.1, 0.15) is 31.4 Å². The molecular weight excluding hydrogens is 1630 g/mol. The smallest absolute Gasteiger partial charge is 0.348 e. The van der Waals surface area contributed by atoms with Crippen molar-refractivity contribution < 1.29 is 19.1 Å². The highest BCUT2D eigenvalue weighted by Crippen LogP contribution is 2.54. The number of ether oxygens (including phenoxy) is 2.